The highest BCUT2D eigenvalue weighted by Crippen LogP contribution is 2.27. The normalized spacial score (nSPS) is 13.2. The van der Waals surface area contributed by atoms with Gasteiger partial charge in [-0.3, -0.25) is 9.59 Å². The Morgan fingerprint density at radius 3 is 2.38 bits per heavy atom. The van der Waals surface area contributed by atoms with Crippen LogP contribution in [0.2, 0.25) is 0 Å². The summed E-state index contributed by atoms with van der Waals surface area (Å²) >= 11 is 0. The zero-order valence-electron chi connectivity index (χ0n) is 12.4. The summed E-state index contributed by atoms with van der Waals surface area (Å²) in [5, 5.41) is 8.76. The van der Waals surface area contributed by atoms with Gasteiger partial charge in [0.1, 0.15) is 0 Å². The first kappa shape index (κ1) is 17.5. The number of benzene rings is 1. The highest BCUT2D eigenvalue weighted by molar-refractivity contribution is 5.95. The van der Waals surface area contributed by atoms with E-state index in [0.717, 1.165) is 29.4 Å². The van der Waals surface area contributed by atoms with Gasteiger partial charge in [0.25, 0.3) is 0 Å². The van der Waals surface area contributed by atoms with E-state index < -0.39 is 0 Å². The molecule has 1 aromatic rings. The van der Waals surface area contributed by atoms with Crippen LogP contribution in [0.1, 0.15) is 25.3 Å². The quantitative estimate of drug-likeness (QED) is 0.755. The van der Waals surface area contributed by atoms with Gasteiger partial charge in [-0.2, -0.15) is 0 Å². The van der Waals surface area contributed by atoms with Crippen molar-refractivity contribution in [1.29, 1.82) is 0 Å². The van der Waals surface area contributed by atoms with Crippen LogP contribution >= 0.6 is 12.4 Å². The number of hydrogen-bond donors (Lipinski definition) is 3. The van der Waals surface area contributed by atoms with Gasteiger partial charge < -0.3 is 16.0 Å². The largest absolute Gasteiger partial charge is 0.326 e. The number of rotatable bonds is 6. The molecule has 0 heterocycles. The smallest absolute Gasteiger partial charge is 0.238 e. The predicted octanol–water partition coefficient (Wildman–Crippen LogP) is 2.31. The Morgan fingerprint density at radius 1 is 1.19 bits per heavy atom. The molecule has 1 aliphatic rings. The van der Waals surface area contributed by atoms with E-state index in [1.165, 1.54) is 19.8 Å². The number of halogens is 1. The zero-order valence-corrected chi connectivity index (χ0v) is 13.2. The summed E-state index contributed by atoms with van der Waals surface area (Å²) in [6, 6.07) is 5.46. The first-order valence-electron chi connectivity index (χ1n) is 6.94. The average molecular weight is 312 g/mol. The van der Waals surface area contributed by atoms with Gasteiger partial charge in [-0.05, 0) is 49.9 Å². The van der Waals surface area contributed by atoms with Gasteiger partial charge in [-0.25, -0.2) is 0 Å². The Bertz CT molecular complexity index is 516. The van der Waals surface area contributed by atoms with Crippen LogP contribution < -0.4 is 16.0 Å². The molecule has 0 aromatic heterocycles. The fourth-order valence-corrected chi connectivity index (χ4v) is 2.00. The van der Waals surface area contributed by atoms with E-state index in [9.17, 15) is 9.59 Å². The Balaban J connectivity index is 0.00000220. The first-order chi connectivity index (χ1) is 9.56. The summed E-state index contributed by atoms with van der Waals surface area (Å²) in [7, 11) is 0. The molecule has 1 saturated carbocycles. The summed E-state index contributed by atoms with van der Waals surface area (Å²) in [5.74, 6) is 0.573. The van der Waals surface area contributed by atoms with Crippen LogP contribution in [0.4, 0.5) is 11.4 Å². The lowest BCUT2D eigenvalue weighted by Crippen LogP contribution is -2.29. The number of anilines is 2. The molecule has 0 radical (unpaired) electrons. The number of hydrogen-bond acceptors (Lipinski definition) is 3. The summed E-state index contributed by atoms with van der Waals surface area (Å²) in [4.78, 5) is 22.9. The van der Waals surface area contributed by atoms with Gasteiger partial charge >= 0.3 is 0 Å². The Labute approximate surface area is 131 Å². The van der Waals surface area contributed by atoms with Crippen molar-refractivity contribution in [2.24, 2.45) is 5.92 Å². The van der Waals surface area contributed by atoms with E-state index in [4.69, 9.17) is 0 Å². The molecule has 21 heavy (non-hydrogen) atoms. The van der Waals surface area contributed by atoms with E-state index >= 15 is 0 Å². The minimum Gasteiger partial charge on any atom is -0.326 e. The van der Waals surface area contributed by atoms with E-state index in [1.54, 1.807) is 0 Å². The fraction of sp³-hybridized carbons (Fsp3) is 0.467. The van der Waals surface area contributed by atoms with Crippen LogP contribution in [0.25, 0.3) is 0 Å². The maximum Gasteiger partial charge on any atom is 0.238 e. The van der Waals surface area contributed by atoms with Crippen molar-refractivity contribution in [3.63, 3.8) is 0 Å². The second-order valence-electron chi connectivity index (χ2n) is 5.28. The number of carbonyl (C=O) groups excluding carboxylic acids is 2. The Hall–Kier alpha value is -1.59. The van der Waals surface area contributed by atoms with Gasteiger partial charge in [0, 0.05) is 18.3 Å². The van der Waals surface area contributed by atoms with E-state index in [2.05, 4.69) is 16.0 Å². The predicted molar refractivity (Wildman–Crippen MR) is 87.0 cm³/mol. The van der Waals surface area contributed by atoms with E-state index in [-0.39, 0.29) is 24.2 Å². The third-order valence-electron chi connectivity index (χ3n) is 3.33. The molecule has 2 amide bonds. The minimum atomic E-state index is -0.123. The maximum atomic E-state index is 11.8. The van der Waals surface area contributed by atoms with Gasteiger partial charge in [0.05, 0.1) is 6.54 Å². The lowest BCUT2D eigenvalue weighted by atomic mass is 10.1. The Kier molecular flexibility index (Phi) is 6.65. The van der Waals surface area contributed by atoms with Crippen LogP contribution in [0.3, 0.4) is 0 Å². The molecular formula is C15H22ClN3O2. The molecule has 6 heteroatoms. The molecule has 116 valence electrons. The summed E-state index contributed by atoms with van der Waals surface area (Å²) in [5.41, 5.74) is 2.31. The molecule has 0 spiro atoms. The third kappa shape index (κ3) is 5.73. The van der Waals surface area contributed by atoms with Crippen LogP contribution in [0.5, 0.6) is 0 Å². The number of amides is 2. The van der Waals surface area contributed by atoms with Crippen LogP contribution in [0, 0.1) is 12.8 Å². The van der Waals surface area contributed by atoms with E-state index in [1.807, 2.05) is 25.1 Å². The standard InChI is InChI=1S/C15H21N3O2.ClH/c1-10-13(17-11(2)19)4-3-5-14(10)18-15(20)9-16-8-12-6-7-12;/h3-5,12,16H,6-9H2,1-2H3,(H,17,19)(H,18,20);1H. The minimum absolute atomic E-state index is 0. The molecule has 1 aliphatic carbocycles. The van der Waals surface area contributed by atoms with Crippen LogP contribution in [-0.4, -0.2) is 24.9 Å². The van der Waals surface area contributed by atoms with Crippen LogP contribution in [-0.2, 0) is 9.59 Å². The van der Waals surface area contributed by atoms with Crippen molar-refractivity contribution < 1.29 is 9.59 Å². The molecule has 5 nitrogen and oxygen atoms in total. The van der Waals surface area contributed by atoms with Crippen molar-refractivity contribution in [1.82, 2.24) is 5.32 Å². The SMILES string of the molecule is CC(=O)Nc1cccc(NC(=O)CNCC2CC2)c1C.Cl. The van der Waals surface area contributed by atoms with Gasteiger partial charge in [0.15, 0.2) is 0 Å². The van der Waals surface area contributed by atoms with Crippen molar-refractivity contribution >= 4 is 35.6 Å². The highest BCUT2D eigenvalue weighted by atomic mass is 35.5. The van der Waals surface area contributed by atoms with Gasteiger partial charge in [0.2, 0.25) is 11.8 Å². The average Bonchev–Trinajstić information content (AvgIpc) is 3.18. The van der Waals surface area contributed by atoms with Gasteiger partial charge in [-0.1, -0.05) is 6.07 Å². The number of carbonyl (C=O) groups is 2. The first-order valence-corrected chi connectivity index (χ1v) is 6.94. The van der Waals surface area contributed by atoms with Crippen molar-refractivity contribution in [3.05, 3.63) is 23.8 Å². The molecule has 1 aromatic carbocycles. The van der Waals surface area contributed by atoms with Crippen molar-refractivity contribution in [3.8, 4) is 0 Å². The van der Waals surface area contributed by atoms with E-state index in [0.29, 0.717) is 6.54 Å². The molecule has 0 saturated heterocycles. The summed E-state index contributed by atoms with van der Waals surface area (Å²) in [6.45, 7) is 4.57. The molecule has 0 unspecified atom stereocenters. The summed E-state index contributed by atoms with van der Waals surface area (Å²) in [6.07, 6.45) is 2.54. The van der Waals surface area contributed by atoms with Gasteiger partial charge in [-0.15, -0.1) is 12.4 Å². The molecule has 3 N–H and O–H groups in total. The third-order valence-corrected chi connectivity index (χ3v) is 3.33. The highest BCUT2D eigenvalue weighted by Gasteiger charge is 2.20. The lowest BCUT2D eigenvalue weighted by molar-refractivity contribution is -0.115. The molecular weight excluding hydrogens is 290 g/mol. The Morgan fingerprint density at radius 2 is 1.81 bits per heavy atom. The monoisotopic (exact) mass is 311 g/mol. The lowest BCUT2D eigenvalue weighted by Gasteiger charge is -2.13. The fourth-order valence-electron chi connectivity index (χ4n) is 2.00. The zero-order chi connectivity index (χ0) is 14.5. The topological polar surface area (TPSA) is 70.2 Å². The second kappa shape index (κ2) is 8.00. The second-order valence-corrected chi connectivity index (χ2v) is 5.28. The molecule has 2 rings (SSSR count). The van der Waals surface area contributed by atoms with Crippen molar-refractivity contribution in [2.45, 2.75) is 26.7 Å². The molecule has 1 fully saturated rings. The number of nitrogens with one attached hydrogen (secondary N) is 3. The summed E-state index contributed by atoms with van der Waals surface area (Å²) < 4.78 is 0. The van der Waals surface area contributed by atoms with Crippen LogP contribution in [0.15, 0.2) is 18.2 Å². The molecule has 0 atom stereocenters. The maximum absolute atomic E-state index is 11.8. The van der Waals surface area contributed by atoms with Crippen molar-refractivity contribution in [2.75, 3.05) is 23.7 Å². The molecule has 0 bridgehead atoms. The molecule has 0 aliphatic heterocycles.